The Morgan fingerprint density at radius 1 is 0.468 bits per heavy atom. The Morgan fingerprint density at radius 2 is 0.865 bits per heavy atom. The number of aromatic nitrogens is 3. The van der Waals surface area contributed by atoms with Crippen LogP contribution in [0.15, 0.2) is 123 Å². The Bertz CT molecular complexity index is 6040. The number of imide groups is 4. The van der Waals surface area contributed by atoms with Gasteiger partial charge in [0.1, 0.15) is 40.7 Å². The SMILES string of the molecule is CC(=O)N(C(=O)c1ccccc1)N1C(=O)C(C#N)=C(C)/C(=C/c2sc(N(CC(C)C(C)C)CC(C)C(C)C)nc2-c2c(C)ccc(C)c2C)C1=O.CCCCC(CC)CN(CC(CC)CCCC)c1nc(-c2c(C)cccc2C)c(/C=C2\C(=O)N(N(C)C)C(=O)C(C#N)=C2C)s1.CCCCC1=C(C#N)C(=O)N(N(C)C(=O)C(C)(C)C)C(=O)/C1=C\c1sc(N(CC)CC)nc1-c1c(C)cc(OC(C)C)cc1C. The second kappa shape index (κ2) is 51.0. The minimum atomic E-state index is -1.04. The third kappa shape index (κ3) is 26.8. The summed E-state index contributed by atoms with van der Waals surface area (Å²) in [6.07, 6.45) is 16.6. The number of unbranched alkanes of at least 4 members (excludes halogenated alkanes) is 3. The van der Waals surface area contributed by atoms with Gasteiger partial charge in [-0.3, -0.25) is 43.2 Å². The van der Waals surface area contributed by atoms with E-state index in [-0.39, 0.29) is 45.1 Å². The number of amides is 9. The molecule has 754 valence electrons. The Kier molecular flexibility index (Phi) is 41.3. The van der Waals surface area contributed by atoms with E-state index in [1.807, 2.05) is 72.7 Å². The number of hydrogen-bond donors (Lipinski definition) is 0. The highest BCUT2D eigenvalue weighted by Gasteiger charge is 2.47. The normalized spacial score (nSPS) is 15.5. The molecule has 4 unspecified atom stereocenters. The van der Waals surface area contributed by atoms with Crippen molar-refractivity contribution in [2.45, 2.75) is 271 Å². The molecule has 0 saturated carbocycles. The van der Waals surface area contributed by atoms with Crippen LogP contribution in [-0.4, -0.2) is 165 Å². The number of benzene rings is 4. The van der Waals surface area contributed by atoms with Gasteiger partial charge in [-0.25, -0.2) is 30.0 Å². The summed E-state index contributed by atoms with van der Waals surface area (Å²) >= 11 is 4.52. The van der Waals surface area contributed by atoms with Crippen molar-refractivity contribution >= 4 is 121 Å². The van der Waals surface area contributed by atoms with E-state index in [2.05, 4.69) is 161 Å². The molecular weight excluding hydrogens is 1820 g/mol. The maximum absolute atomic E-state index is 14.4. The lowest BCUT2D eigenvalue weighted by atomic mass is 9.89. The van der Waals surface area contributed by atoms with Gasteiger partial charge >= 0.3 is 0 Å². The molecule has 4 aromatic carbocycles. The molecule has 3 aliphatic rings. The predicted molar refractivity (Wildman–Crippen MR) is 572 cm³/mol. The van der Waals surface area contributed by atoms with Crippen molar-refractivity contribution in [3.8, 4) is 57.7 Å². The summed E-state index contributed by atoms with van der Waals surface area (Å²) in [6, 6.07) is 28.3. The van der Waals surface area contributed by atoms with E-state index >= 15 is 0 Å². The fraction of sp³-hybridized carbons (Fsp3) is 0.496. The van der Waals surface area contributed by atoms with Gasteiger partial charge in [0.05, 0.1) is 37.8 Å². The fourth-order valence-electron chi connectivity index (χ4n) is 17.5. The Hall–Kier alpha value is -12.1. The summed E-state index contributed by atoms with van der Waals surface area (Å²) in [7, 11) is 4.68. The van der Waals surface area contributed by atoms with Crippen molar-refractivity contribution in [1.29, 1.82) is 15.8 Å². The van der Waals surface area contributed by atoms with Gasteiger partial charge < -0.3 is 19.4 Å². The molecule has 7 aromatic rings. The van der Waals surface area contributed by atoms with Gasteiger partial charge in [-0.15, -0.1) is 0 Å². The average molecular weight is 1970 g/mol. The van der Waals surface area contributed by atoms with E-state index in [1.165, 1.54) is 85.4 Å². The van der Waals surface area contributed by atoms with Crippen molar-refractivity contribution in [3.63, 3.8) is 0 Å². The summed E-state index contributed by atoms with van der Waals surface area (Å²) in [4.78, 5) is 148. The molecule has 10 rings (SSSR count). The smallest absolute Gasteiger partial charge is 0.291 e. The van der Waals surface area contributed by atoms with E-state index < -0.39 is 58.6 Å². The van der Waals surface area contributed by atoms with Gasteiger partial charge in [-0.1, -0.05) is 224 Å². The number of nitrogens with zero attached hydrogens (tertiary/aromatic N) is 15. The number of nitriles is 3. The third-order valence-corrected chi connectivity index (χ3v) is 30.0. The molecule has 0 spiro atoms. The number of carbonyl (C=O) groups excluding carboxylic acids is 9. The maximum atomic E-state index is 14.4. The van der Waals surface area contributed by atoms with Crippen molar-refractivity contribution in [2.24, 2.45) is 40.9 Å². The highest BCUT2D eigenvalue weighted by molar-refractivity contribution is 7.17. The number of ether oxygens (including phenoxy) is 1. The Morgan fingerprint density at radius 3 is 1.28 bits per heavy atom. The number of hydrogen-bond acceptors (Lipinski definition) is 23. The van der Waals surface area contributed by atoms with Gasteiger partial charge in [0.15, 0.2) is 15.4 Å². The molecule has 141 heavy (non-hydrogen) atoms. The van der Waals surface area contributed by atoms with E-state index in [4.69, 9.17) is 19.7 Å². The van der Waals surface area contributed by atoms with Crippen LogP contribution in [0.4, 0.5) is 15.4 Å². The van der Waals surface area contributed by atoms with Gasteiger partial charge in [0.2, 0.25) is 11.8 Å². The Balaban J connectivity index is 0.000000260. The maximum Gasteiger partial charge on any atom is 0.291 e. The summed E-state index contributed by atoms with van der Waals surface area (Å²) in [6.45, 7) is 61.4. The molecular formula is C113H149N15O10S3. The van der Waals surface area contributed by atoms with Crippen LogP contribution in [0.1, 0.15) is 280 Å². The lowest BCUT2D eigenvalue weighted by molar-refractivity contribution is -0.171. The molecule has 3 aliphatic heterocycles. The largest absolute Gasteiger partial charge is 0.491 e. The van der Waals surface area contributed by atoms with E-state index in [1.54, 1.807) is 90.4 Å². The minimum absolute atomic E-state index is 0.0158. The quantitative estimate of drug-likeness (QED) is 0.0256. The number of carbonyl (C=O) groups is 9. The molecule has 9 amide bonds. The topological polar surface area (TPSA) is 302 Å². The number of aryl methyl sites for hydroxylation is 6. The van der Waals surface area contributed by atoms with Crippen LogP contribution in [0, 0.1) is 123 Å². The van der Waals surface area contributed by atoms with Crippen LogP contribution in [0.5, 0.6) is 5.75 Å². The zero-order valence-electron chi connectivity index (χ0n) is 89.2. The predicted octanol–water partition coefficient (Wildman–Crippen LogP) is 24.3. The van der Waals surface area contributed by atoms with Gasteiger partial charge in [0.25, 0.3) is 41.4 Å². The highest BCUT2D eigenvalue weighted by atomic mass is 32.1. The first kappa shape index (κ1) is 114. The lowest BCUT2D eigenvalue weighted by Crippen LogP contribution is -2.57. The van der Waals surface area contributed by atoms with Crippen LogP contribution in [-0.2, 0) is 38.4 Å². The van der Waals surface area contributed by atoms with Crippen LogP contribution < -0.4 is 19.4 Å². The van der Waals surface area contributed by atoms with Gasteiger partial charge in [0, 0.05) is 112 Å². The van der Waals surface area contributed by atoms with Crippen molar-refractivity contribution in [3.05, 3.63) is 182 Å². The molecule has 0 saturated heterocycles. The molecule has 4 atom stereocenters. The number of hydrazine groups is 3. The molecule has 25 nitrogen and oxygen atoms in total. The summed E-state index contributed by atoms with van der Waals surface area (Å²) in [5.41, 5.74) is 12.9. The molecule has 0 fully saturated rings. The first-order chi connectivity index (χ1) is 66.6. The van der Waals surface area contributed by atoms with Crippen LogP contribution in [0.25, 0.3) is 52.0 Å². The Labute approximate surface area is 850 Å². The number of thiazole rings is 3. The van der Waals surface area contributed by atoms with Crippen molar-refractivity contribution < 1.29 is 47.9 Å². The fourth-order valence-corrected chi connectivity index (χ4v) is 20.7. The third-order valence-electron chi connectivity index (χ3n) is 26.8. The van der Waals surface area contributed by atoms with Crippen molar-refractivity contribution in [1.82, 2.24) is 45.0 Å². The first-order valence-electron chi connectivity index (χ1n) is 49.8. The molecule has 0 bridgehead atoms. The molecule has 0 N–H and O–H groups in total. The summed E-state index contributed by atoms with van der Waals surface area (Å²) in [5, 5.41) is 38.2. The van der Waals surface area contributed by atoms with Crippen LogP contribution in [0.2, 0.25) is 0 Å². The standard InChI is InChI=1S/C41H49N5O4S.C37H53N5O2S.C35H47N5O4S/c1-23(2)27(7)21-44(22-28(8)24(3)4)41-43-37(36-26(6)18-17-25(5)29(36)9)35(51-41)19-33-30(10)34(20-42)40(50)46(39(33)49)45(31(11)47)38(48)32-15-13-12-14-16-32;1-10-14-19-28(12-3)23-41(24-29(13-4)20-15-11-2)37-39-34(33-25(5)17-16-18-26(33)6)32(45-37)21-30-27(7)31(22-38)36(44)42(35(30)43)40(8)9;1-12-15-16-25-26(31(41)40(32(42)27(25)20-36)38(11)33(43)35(8,9)10)19-28-30(37-34(45-28)39(13-2)14-3)29-22(6)17-24(18-23(29)7)44-21(4)5/h12-19,23-24,27-28H,21-22H2,1-11H3;16-18,21,28-29H,10-15,19-20,23-24H2,1-9H3;17-19,21H,12-16H2,1-11H3/b33-19-;30-21-;26-19-. The average Bonchev–Trinajstić information content (AvgIpc) is 1.73. The zero-order chi connectivity index (χ0) is 105. The first-order valence-corrected chi connectivity index (χ1v) is 52.3. The second-order valence-electron chi connectivity index (χ2n) is 39.6. The number of rotatable bonds is 38. The molecule has 28 heteroatoms. The van der Waals surface area contributed by atoms with E-state index in [9.17, 15) is 58.9 Å². The summed E-state index contributed by atoms with van der Waals surface area (Å²) in [5.74, 6) is -2.91. The van der Waals surface area contributed by atoms with Crippen LogP contribution >= 0.6 is 34.0 Å². The monoisotopic (exact) mass is 1970 g/mol. The molecule has 0 radical (unpaired) electrons. The molecule has 3 aromatic heterocycles. The van der Waals surface area contributed by atoms with Gasteiger partial charge in [-0.05, 0) is 249 Å². The van der Waals surface area contributed by atoms with Gasteiger partial charge in [-0.2, -0.15) is 30.8 Å². The second-order valence-corrected chi connectivity index (χ2v) is 42.6. The van der Waals surface area contributed by atoms with Crippen molar-refractivity contribution in [2.75, 3.05) is 75.1 Å². The number of anilines is 3. The van der Waals surface area contributed by atoms with E-state index in [0.29, 0.717) is 91.4 Å². The lowest BCUT2D eigenvalue weighted by Gasteiger charge is -2.37. The summed E-state index contributed by atoms with van der Waals surface area (Å²) < 4.78 is 5.98. The highest BCUT2D eigenvalue weighted by Crippen LogP contribution is 2.47. The molecule has 0 aliphatic carbocycles. The van der Waals surface area contributed by atoms with E-state index in [0.717, 1.165) is 173 Å². The minimum Gasteiger partial charge on any atom is -0.491 e. The molecule has 6 heterocycles. The van der Waals surface area contributed by atoms with Crippen LogP contribution in [0.3, 0.4) is 0 Å². The zero-order valence-corrected chi connectivity index (χ0v) is 91.7.